The minimum atomic E-state index is 1.05. The van der Waals surface area contributed by atoms with Crippen LogP contribution in [0.2, 0.25) is 0 Å². The van der Waals surface area contributed by atoms with Crippen LogP contribution in [0.3, 0.4) is 0 Å². The number of H-pyrrole nitrogens is 1. The lowest BCUT2D eigenvalue weighted by Crippen LogP contribution is -1.78. The molecule has 9 heavy (non-hydrogen) atoms. The molecule has 2 nitrogen and oxygen atoms in total. The molecule has 0 amide bonds. The number of nitrogens with zero attached hydrogens (tertiary/aromatic N) is 1. The first-order valence-electron chi connectivity index (χ1n) is 3.08. The summed E-state index contributed by atoms with van der Waals surface area (Å²) in [4.78, 5) is 0. The quantitative estimate of drug-likeness (QED) is 0.549. The molecular weight excluding hydrogens is 112 g/mol. The van der Waals surface area contributed by atoms with Gasteiger partial charge in [0.05, 0.1) is 11.4 Å². The molecule has 0 radical (unpaired) electrons. The van der Waals surface area contributed by atoms with Gasteiger partial charge in [-0.05, 0) is 19.4 Å². The Bertz CT molecular complexity index is 258. The van der Waals surface area contributed by atoms with Crippen LogP contribution >= 0.6 is 0 Å². The molecule has 0 atom stereocenters. The Morgan fingerprint density at radius 3 is 3.33 bits per heavy atom. The second kappa shape index (κ2) is 1.47. The summed E-state index contributed by atoms with van der Waals surface area (Å²) in [5, 5.41) is 7.01. The summed E-state index contributed by atoms with van der Waals surface area (Å²) in [5.74, 6) is 0. The van der Waals surface area contributed by atoms with Crippen molar-refractivity contribution >= 4 is 6.08 Å². The van der Waals surface area contributed by atoms with Crippen LogP contribution in [-0.4, -0.2) is 10.2 Å². The Morgan fingerprint density at radius 1 is 1.67 bits per heavy atom. The van der Waals surface area contributed by atoms with E-state index in [9.17, 15) is 0 Å². The molecule has 0 aliphatic heterocycles. The van der Waals surface area contributed by atoms with Crippen LogP contribution in [0.25, 0.3) is 6.08 Å². The fraction of sp³-hybridized carbons (Fsp3) is 0.286. The predicted octanol–water partition coefficient (Wildman–Crippen LogP) is 1.29. The fourth-order valence-corrected chi connectivity index (χ4v) is 1.16. The SMILES string of the molecule is Cc1n[nH]c2c1CC=C2. The van der Waals surface area contributed by atoms with Gasteiger partial charge in [0.25, 0.3) is 0 Å². The maximum absolute atomic E-state index is 4.06. The Hall–Kier alpha value is -1.05. The molecule has 1 aliphatic rings. The molecule has 2 rings (SSSR count). The zero-order valence-corrected chi connectivity index (χ0v) is 5.31. The van der Waals surface area contributed by atoms with E-state index >= 15 is 0 Å². The average molecular weight is 120 g/mol. The first-order chi connectivity index (χ1) is 4.38. The summed E-state index contributed by atoms with van der Waals surface area (Å²) >= 11 is 0. The van der Waals surface area contributed by atoms with Crippen molar-refractivity contribution in [2.75, 3.05) is 0 Å². The first kappa shape index (κ1) is 4.79. The van der Waals surface area contributed by atoms with Gasteiger partial charge in [0.1, 0.15) is 0 Å². The number of aryl methyl sites for hydroxylation is 1. The second-order valence-electron chi connectivity index (χ2n) is 2.31. The van der Waals surface area contributed by atoms with Crippen molar-refractivity contribution in [3.8, 4) is 0 Å². The van der Waals surface area contributed by atoms with E-state index in [1.165, 1.54) is 11.3 Å². The van der Waals surface area contributed by atoms with Crippen molar-refractivity contribution < 1.29 is 0 Å². The molecule has 1 heterocycles. The summed E-state index contributed by atoms with van der Waals surface area (Å²) in [6.07, 6.45) is 5.28. The molecule has 0 aromatic carbocycles. The largest absolute Gasteiger partial charge is 0.278 e. The number of fused-ring (bicyclic) bond motifs is 1. The topological polar surface area (TPSA) is 28.7 Å². The maximum atomic E-state index is 4.06. The highest BCUT2D eigenvalue weighted by molar-refractivity contribution is 5.56. The highest BCUT2D eigenvalue weighted by Gasteiger charge is 2.09. The fourth-order valence-electron chi connectivity index (χ4n) is 1.16. The van der Waals surface area contributed by atoms with Crippen molar-refractivity contribution in [2.45, 2.75) is 13.3 Å². The molecule has 1 aromatic heterocycles. The normalized spacial score (nSPS) is 14.3. The third kappa shape index (κ3) is 0.529. The summed E-state index contributed by atoms with van der Waals surface area (Å²) < 4.78 is 0. The van der Waals surface area contributed by atoms with E-state index in [1.807, 2.05) is 6.92 Å². The van der Waals surface area contributed by atoms with Crippen molar-refractivity contribution in [2.24, 2.45) is 0 Å². The monoisotopic (exact) mass is 120 g/mol. The molecule has 0 bridgehead atoms. The Morgan fingerprint density at radius 2 is 2.56 bits per heavy atom. The van der Waals surface area contributed by atoms with Crippen LogP contribution in [0.1, 0.15) is 17.0 Å². The van der Waals surface area contributed by atoms with Gasteiger partial charge in [0.2, 0.25) is 0 Å². The van der Waals surface area contributed by atoms with E-state index in [1.54, 1.807) is 0 Å². The molecule has 1 N–H and O–H groups in total. The van der Waals surface area contributed by atoms with Crippen molar-refractivity contribution in [3.63, 3.8) is 0 Å². The molecule has 0 fully saturated rings. The molecule has 0 saturated heterocycles. The Balaban J connectivity index is 2.65. The molecule has 1 aliphatic carbocycles. The average Bonchev–Trinajstić information content (AvgIpc) is 2.35. The van der Waals surface area contributed by atoms with Crippen LogP contribution < -0.4 is 0 Å². The zero-order chi connectivity index (χ0) is 6.27. The van der Waals surface area contributed by atoms with E-state index in [-0.39, 0.29) is 0 Å². The molecule has 2 heteroatoms. The highest BCUT2D eigenvalue weighted by atomic mass is 15.1. The minimum absolute atomic E-state index is 1.05. The number of hydrogen-bond donors (Lipinski definition) is 1. The minimum Gasteiger partial charge on any atom is -0.278 e. The van der Waals surface area contributed by atoms with Gasteiger partial charge in [-0.25, -0.2) is 0 Å². The van der Waals surface area contributed by atoms with Crippen molar-refractivity contribution in [1.82, 2.24) is 10.2 Å². The molecule has 0 unspecified atom stereocenters. The van der Waals surface area contributed by atoms with Gasteiger partial charge in [-0.2, -0.15) is 5.10 Å². The summed E-state index contributed by atoms with van der Waals surface area (Å²) in [5.41, 5.74) is 3.68. The molecule has 46 valence electrons. The van der Waals surface area contributed by atoms with E-state index < -0.39 is 0 Å². The van der Waals surface area contributed by atoms with Gasteiger partial charge in [0.15, 0.2) is 0 Å². The van der Waals surface area contributed by atoms with E-state index in [2.05, 4.69) is 22.3 Å². The van der Waals surface area contributed by atoms with E-state index in [0.717, 1.165) is 12.1 Å². The summed E-state index contributed by atoms with van der Waals surface area (Å²) in [6, 6.07) is 0. The number of nitrogens with one attached hydrogen (secondary N) is 1. The maximum Gasteiger partial charge on any atom is 0.0632 e. The van der Waals surface area contributed by atoms with Gasteiger partial charge in [-0.3, -0.25) is 5.10 Å². The predicted molar refractivity (Wildman–Crippen MR) is 36.1 cm³/mol. The molecule has 0 saturated carbocycles. The smallest absolute Gasteiger partial charge is 0.0632 e. The lowest BCUT2D eigenvalue weighted by Gasteiger charge is -1.85. The third-order valence-electron chi connectivity index (χ3n) is 1.71. The van der Waals surface area contributed by atoms with Crippen molar-refractivity contribution in [3.05, 3.63) is 23.0 Å². The van der Waals surface area contributed by atoms with Crippen LogP contribution in [0.5, 0.6) is 0 Å². The van der Waals surface area contributed by atoms with Crippen LogP contribution in [0.15, 0.2) is 6.08 Å². The highest BCUT2D eigenvalue weighted by Crippen LogP contribution is 2.18. The molecular formula is C7H8N2. The number of aromatic nitrogens is 2. The summed E-state index contributed by atoms with van der Waals surface area (Å²) in [7, 11) is 0. The van der Waals surface area contributed by atoms with Gasteiger partial charge < -0.3 is 0 Å². The molecule has 1 aromatic rings. The number of allylic oxidation sites excluding steroid dienone is 1. The van der Waals surface area contributed by atoms with Gasteiger partial charge in [-0.1, -0.05) is 6.08 Å². The van der Waals surface area contributed by atoms with E-state index in [4.69, 9.17) is 0 Å². The lowest BCUT2D eigenvalue weighted by molar-refractivity contribution is 1.03. The van der Waals surface area contributed by atoms with Crippen LogP contribution in [0, 0.1) is 6.92 Å². The van der Waals surface area contributed by atoms with Gasteiger partial charge in [-0.15, -0.1) is 0 Å². The van der Waals surface area contributed by atoms with E-state index in [0.29, 0.717) is 0 Å². The number of rotatable bonds is 0. The van der Waals surface area contributed by atoms with Crippen LogP contribution in [-0.2, 0) is 6.42 Å². The molecule has 0 spiro atoms. The zero-order valence-electron chi connectivity index (χ0n) is 5.31. The Kier molecular flexibility index (Phi) is 0.781. The third-order valence-corrected chi connectivity index (χ3v) is 1.71. The standard InChI is InChI=1S/C7H8N2/c1-5-6-3-2-4-7(6)9-8-5/h2,4H,3H2,1H3,(H,8,9). The Labute approximate surface area is 53.6 Å². The first-order valence-corrected chi connectivity index (χ1v) is 3.08. The lowest BCUT2D eigenvalue weighted by atomic mass is 10.2. The second-order valence-corrected chi connectivity index (χ2v) is 2.31. The van der Waals surface area contributed by atoms with Crippen LogP contribution in [0.4, 0.5) is 0 Å². The van der Waals surface area contributed by atoms with Gasteiger partial charge in [0, 0.05) is 5.56 Å². The van der Waals surface area contributed by atoms with Crippen molar-refractivity contribution in [1.29, 1.82) is 0 Å². The summed E-state index contributed by atoms with van der Waals surface area (Å²) in [6.45, 7) is 2.03. The number of hydrogen-bond acceptors (Lipinski definition) is 1. The number of aromatic amines is 1. The van der Waals surface area contributed by atoms with Gasteiger partial charge >= 0.3 is 0 Å².